The summed E-state index contributed by atoms with van der Waals surface area (Å²) in [6.07, 6.45) is 4.69. The van der Waals surface area contributed by atoms with E-state index in [1.54, 1.807) is 18.0 Å². The van der Waals surface area contributed by atoms with Gasteiger partial charge in [0.05, 0.1) is 19.0 Å². The Morgan fingerprint density at radius 3 is 2.84 bits per heavy atom. The molecule has 1 aliphatic rings. The van der Waals surface area contributed by atoms with Gasteiger partial charge in [0.2, 0.25) is 0 Å². The van der Waals surface area contributed by atoms with E-state index >= 15 is 0 Å². The van der Waals surface area contributed by atoms with Crippen LogP contribution in [0.3, 0.4) is 0 Å². The second kappa shape index (κ2) is 9.75. The minimum absolute atomic E-state index is 0.168. The third-order valence-corrected chi connectivity index (χ3v) is 5.69. The summed E-state index contributed by atoms with van der Waals surface area (Å²) in [4.78, 5) is 14.6. The number of methoxy groups -OCH3 is 1. The van der Waals surface area contributed by atoms with Crippen LogP contribution in [-0.2, 0) is 6.54 Å². The first-order valence-electron chi connectivity index (χ1n) is 10.3. The Morgan fingerprint density at radius 1 is 1.19 bits per heavy atom. The van der Waals surface area contributed by atoms with Crippen molar-refractivity contribution < 1.29 is 9.53 Å². The molecule has 2 heterocycles. The van der Waals surface area contributed by atoms with Crippen LogP contribution in [-0.4, -0.2) is 42.6 Å². The highest BCUT2D eigenvalue weighted by molar-refractivity contribution is 6.30. The standard InChI is InChI=1S/C23H26ClN5O2/c1-31-22-4-2-3-21(11-22)28-10-9-17(15-28)12-25-23(30)26-13-18-14-27-29(16-18)20-7-5-19(24)6-8-20/h2-8,11,14,16-17H,9-10,12-13,15H2,1H3,(H2,25,26,30). The molecule has 8 heteroatoms. The van der Waals surface area contributed by atoms with Crippen molar-refractivity contribution in [2.24, 2.45) is 5.92 Å². The zero-order valence-corrected chi connectivity index (χ0v) is 18.2. The second-order valence-corrected chi connectivity index (χ2v) is 8.07. The van der Waals surface area contributed by atoms with Crippen molar-refractivity contribution in [1.29, 1.82) is 0 Å². The zero-order valence-electron chi connectivity index (χ0n) is 17.4. The number of rotatable bonds is 7. The topological polar surface area (TPSA) is 71.4 Å². The predicted molar refractivity (Wildman–Crippen MR) is 122 cm³/mol. The summed E-state index contributed by atoms with van der Waals surface area (Å²) in [5, 5.41) is 10.9. The van der Waals surface area contributed by atoms with Crippen molar-refractivity contribution in [2.45, 2.75) is 13.0 Å². The number of hydrogen-bond acceptors (Lipinski definition) is 4. The Kier molecular flexibility index (Phi) is 6.62. The lowest BCUT2D eigenvalue weighted by atomic mass is 10.1. The Labute approximate surface area is 187 Å². The van der Waals surface area contributed by atoms with Crippen molar-refractivity contribution in [1.82, 2.24) is 20.4 Å². The molecular formula is C23H26ClN5O2. The molecule has 1 atom stereocenters. The van der Waals surface area contributed by atoms with Gasteiger partial charge in [-0.3, -0.25) is 0 Å². The molecular weight excluding hydrogens is 414 g/mol. The fourth-order valence-electron chi connectivity index (χ4n) is 3.71. The van der Waals surface area contributed by atoms with Crippen LogP contribution in [0.2, 0.25) is 5.02 Å². The zero-order chi connectivity index (χ0) is 21.6. The lowest BCUT2D eigenvalue weighted by Crippen LogP contribution is -2.38. The summed E-state index contributed by atoms with van der Waals surface area (Å²) in [7, 11) is 1.68. The number of halogens is 1. The van der Waals surface area contributed by atoms with Gasteiger partial charge in [0.25, 0.3) is 0 Å². The lowest BCUT2D eigenvalue weighted by Gasteiger charge is -2.19. The molecule has 0 bridgehead atoms. The molecule has 4 rings (SSSR count). The molecule has 0 spiro atoms. The quantitative estimate of drug-likeness (QED) is 0.586. The van der Waals surface area contributed by atoms with E-state index in [-0.39, 0.29) is 6.03 Å². The van der Waals surface area contributed by atoms with E-state index in [4.69, 9.17) is 16.3 Å². The summed E-state index contributed by atoms with van der Waals surface area (Å²) in [5.74, 6) is 1.28. The monoisotopic (exact) mass is 439 g/mol. The summed E-state index contributed by atoms with van der Waals surface area (Å²) in [6, 6.07) is 15.4. The maximum absolute atomic E-state index is 12.2. The number of benzene rings is 2. The van der Waals surface area contributed by atoms with Gasteiger partial charge < -0.3 is 20.3 Å². The van der Waals surface area contributed by atoms with Gasteiger partial charge in [0, 0.05) is 54.7 Å². The summed E-state index contributed by atoms with van der Waals surface area (Å²) >= 11 is 5.93. The number of carbonyl (C=O) groups is 1. The van der Waals surface area contributed by atoms with E-state index < -0.39 is 0 Å². The molecule has 1 unspecified atom stereocenters. The molecule has 3 aromatic rings. The normalized spacial score (nSPS) is 15.7. The first kappa shape index (κ1) is 21.1. The molecule has 2 aromatic carbocycles. The molecule has 31 heavy (non-hydrogen) atoms. The van der Waals surface area contributed by atoms with Crippen molar-refractivity contribution in [3.63, 3.8) is 0 Å². The van der Waals surface area contributed by atoms with Crippen LogP contribution in [0.5, 0.6) is 5.75 Å². The Morgan fingerprint density at radius 2 is 2.03 bits per heavy atom. The highest BCUT2D eigenvalue weighted by atomic mass is 35.5. The van der Waals surface area contributed by atoms with E-state index in [0.717, 1.165) is 42.2 Å². The number of amides is 2. The van der Waals surface area contributed by atoms with E-state index in [2.05, 4.69) is 26.7 Å². The van der Waals surface area contributed by atoms with Gasteiger partial charge in [0.1, 0.15) is 5.75 Å². The van der Waals surface area contributed by atoms with Gasteiger partial charge in [-0.05, 0) is 48.7 Å². The first-order chi connectivity index (χ1) is 15.1. The van der Waals surface area contributed by atoms with Gasteiger partial charge in [-0.15, -0.1) is 0 Å². The fraction of sp³-hybridized carbons (Fsp3) is 0.304. The molecule has 162 valence electrons. The van der Waals surface area contributed by atoms with Crippen LogP contribution in [0.25, 0.3) is 5.69 Å². The van der Waals surface area contributed by atoms with Crippen LogP contribution in [0.15, 0.2) is 60.9 Å². The molecule has 1 fully saturated rings. The van der Waals surface area contributed by atoms with Crippen LogP contribution < -0.4 is 20.3 Å². The summed E-state index contributed by atoms with van der Waals surface area (Å²) < 4.78 is 7.07. The molecule has 1 saturated heterocycles. The molecule has 7 nitrogen and oxygen atoms in total. The van der Waals surface area contributed by atoms with Gasteiger partial charge in [-0.25, -0.2) is 9.48 Å². The number of nitrogens with one attached hydrogen (secondary N) is 2. The maximum Gasteiger partial charge on any atom is 0.315 e. The number of aromatic nitrogens is 2. The molecule has 1 aliphatic heterocycles. The van der Waals surface area contributed by atoms with E-state index in [0.29, 0.717) is 24.0 Å². The number of carbonyl (C=O) groups excluding carboxylic acids is 1. The second-order valence-electron chi connectivity index (χ2n) is 7.64. The van der Waals surface area contributed by atoms with Gasteiger partial charge >= 0.3 is 6.03 Å². The molecule has 1 aromatic heterocycles. The largest absolute Gasteiger partial charge is 0.497 e. The molecule has 2 N–H and O–H groups in total. The number of ether oxygens (including phenoxy) is 1. The van der Waals surface area contributed by atoms with Crippen LogP contribution in [0.1, 0.15) is 12.0 Å². The Hall–Kier alpha value is -3.19. The van der Waals surface area contributed by atoms with Gasteiger partial charge in [-0.2, -0.15) is 5.10 Å². The van der Waals surface area contributed by atoms with Gasteiger partial charge in [-0.1, -0.05) is 17.7 Å². The first-order valence-corrected chi connectivity index (χ1v) is 10.7. The van der Waals surface area contributed by atoms with Crippen LogP contribution in [0.4, 0.5) is 10.5 Å². The number of anilines is 1. The minimum Gasteiger partial charge on any atom is -0.497 e. The lowest BCUT2D eigenvalue weighted by molar-refractivity contribution is 0.239. The Bertz CT molecular complexity index is 1020. The van der Waals surface area contributed by atoms with Crippen molar-refractivity contribution >= 4 is 23.3 Å². The molecule has 0 aliphatic carbocycles. The van der Waals surface area contributed by atoms with Crippen molar-refractivity contribution in [3.05, 3.63) is 71.5 Å². The van der Waals surface area contributed by atoms with E-state index in [1.807, 2.05) is 48.7 Å². The predicted octanol–water partition coefficient (Wildman–Crippen LogP) is 3.86. The maximum atomic E-state index is 12.2. The third-order valence-electron chi connectivity index (χ3n) is 5.44. The highest BCUT2D eigenvalue weighted by Crippen LogP contribution is 2.26. The average molecular weight is 440 g/mol. The van der Waals surface area contributed by atoms with Gasteiger partial charge in [0.15, 0.2) is 0 Å². The number of hydrogen-bond donors (Lipinski definition) is 2. The highest BCUT2D eigenvalue weighted by Gasteiger charge is 2.23. The SMILES string of the molecule is COc1cccc(N2CCC(CNC(=O)NCc3cnn(-c4ccc(Cl)cc4)c3)C2)c1. The average Bonchev–Trinajstić information content (AvgIpc) is 3.47. The molecule has 2 amide bonds. The summed E-state index contributed by atoms with van der Waals surface area (Å²) in [6.45, 7) is 2.96. The van der Waals surface area contributed by atoms with Crippen LogP contribution in [0, 0.1) is 5.92 Å². The van der Waals surface area contributed by atoms with Crippen LogP contribution >= 0.6 is 11.6 Å². The van der Waals surface area contributed by atoms with E-state index in [1.165, 1.54) is 0 Å². The summed E-state index contributed by atoms with van der Waals surface area (Å²) in [5.41, 5.74) is 3.00. The minimum atomic E-state index is -0.168. The molecule has 0 radical (unpaired) electrons. The molecule has 0 saturated carbocycles. The smallest absolute Gasteiger partial charge is 0.315 e. The number of nitrogens with zero attached hydrogens (tertiary/aromatic N) is 3. The number of urea groups is 1. The Balaban J connectivity index is 1.21. The van der Waals surface area contributed by atoms with Crippen molar-refractivity contribution in [3.8, 4) is 11.4 Å². The van der Waals surface area contributed by atoms with Crippen molar-refractivity contribution in [2.75, 3.05) is 31.6 Å². The third kappa shape index (κ3) is 5.49. The fourth-order valence-corrected chi connectivity index (χ4v) is 3.84. The van der Waals surface area contributed by atoms with E-state index in [9.17, 15) is 4.79 Å².